The highest BCUT2D eigenvalue weighted by molar-refractivity contribution is 7.11. The smallest absolute Gasteiger partial charge is 0.0406 e. The number of nitrogens with one attached hydrogen (secondary N) is 1. The Hall–Kier alpha value is -0.0500. The lowest BCUT2D eigenvalue weighted by Gasteiger charge is -2.12. The predicted octanol–water partition coefficient (Wildman–Crippen LogP) is 3.17. The molecule has 0 aliphatic heterocycles. The van der Waals surface area contributed by atoms with Gasteiger partial charge in [0.1, 0.15) is 0 Å². The van der Waals surface area contributed by atoms with Gasteiger partial charge in [0.15, 0.2) is 0 Å². The highest BCUT2D eigenvalue weighted by Crippen LogP contribution is 2.36. The summed E-state index contributed by atoms with van der Waals surface area (Å²) in [5.74, 6) is 0.749. The van der Waals surface area contributed by atoms with E-state index in [1.165, 1.54) is 22.6 Å². The second kappa shape index (κ2) is 4.21. The Kier molecular flexibility index (Phi) is 3.15. The maximum atomic E-state index is 5.90. The standard InChI is InChI=1S/C11H16ClNS/c1-2-9-3-4-10(14-9)7-13-11(8-12)5-6-11/h3-4,13H,2,5-8H2,1H3. The molecule has 1 nitrogen and oxygen atoms in total. The summed E-state index contributed by atoms with van der Waals surface area (Å²) in [5.41, 5.74) is 0.276. The van der Waals surface area contributed by atoms with Crippen molar-refractivity contribution in [2.45, 2.75) is 38.3 Å². The Balaban J connectivity index is 1.85. The summed E-state index contributed by atoms with van der Waals surface area (Å²) in [6.45, 7) is 3.18. The number of rotatable bonds is 5. The van der Waals surface area contributed by atoms with Crippen molar-refractivity contribution in [1.82, 2.24) is 5.32 Å². The molecule has 0 radical (unpaired) electrons. The zero-order valence-corrected chi connectivity index (χ0v) is 10.0. The van der Waals surface area contributed by atoms with Crippen molar-refractivity contribution >= 4 is 22.9 Å². The van der Waals surface area contributed by atoms with Crippen LogP contribution in [0.4, 0.5) is 0 Å². The lowest BCUT2D eigenvalue weighted by Crippen LogP contribution is -2.31. The average molecular weight is 230 g/mol. The lowest BCUT2D eigenvalue weighted by atomic mass is 10.3. The minimum absolute atomic E-state index is 0.276. The van der Waals surface area contributed by atoms with Crippen LogP contribution in [0, 0.1) is 0 Å². The molecule has 1 N–H and O–H groups in total. The Bertz CT molecular complexity index is 304. The molecule has 1 saturated carbocycles. The number of hydrogen-bond donors (Lipinski definition) is 1. The van der Waals surface area contributed by atoms with Crippen molar-refractivity contribution in [3.05, 3.63) is 21.9 Å². The van der Waals surface area contributed by atoms with E-state index in [4.69, 9.17) is 11.6 Å². The van der Waals surface area contributed by atoms with Gasteiger partial charge in [-0.05, 0) is 31.4 Å². The van der Waals surface area contributed by atoms with Gasteiger partial charge in [0, 0.05) is 27.7 Å². The Morgan fingerprint density at radius 2 is 2.14 bits per heavy atom. The minimum atomic E-state index is 0.276. The fourth-order valence-corrected chi connectivity index (χ4v) is 2.75. The van der Waals surface area contributed by atoms with Gasteiger partial charge in [-0.2, -0.15) is 0 Å². The van der Waals surface area contributed by atoms with Crippen LogP contribution in [0.25, 0.3) is 0 Å². The molecule has 1 aromatic heterocycles. The summed E-state index contributed by atoms with van der Waals surface area (Å²) in [5, 5.41) is 3.55. The van der Waals surface area contributed by atoms with Gasteiger partial charge in [-0.1, -0.05) is 6.92 Å². The van der Waals surface area contributed by atoms with E-state index in [0.717, 1.165) is 18.8 Å². The van der Waals surface area contributed by atoms with Gasteiger partial charge in [0.05, 0.1) is 0 Å². The highest BCUT2D eigenvalue weighted by atomic mass is 35.5. The first-order valence-electron chi connectivity index (χ1n) is 5.16. The number of halogens is 1. The SMILES string of the molecule is CCc1ccc(CNC2(CCl)CC2)s1. The van der Waals surface area contributed by atoms with Crippen LogP contribution in [-0.2, 0) is 13.0 Å². The number of aryl methyl sites for hydroxylation is 1. The van der Waals surface area contributed by atoms with E-state index in [1.54, 1.807) is 0 Å². The molecule has 0 saturated heterocycles. The molecule has 14 heavy (non-hydrogen) atoms. The highest BCUT2D eigenvalue weighted by Gasteiger charge is 2.41. The first-order valence-corrected chi connectivity index (χ1v) is 6.52. The number of alkyl halides is 1. The minimum Gasteiger partial charge on any atom is -0.305 e. The van der Waals surface area contributed by atoms with Crippen LogP contribution < -0.4 is 5.32 Å². The predicted molar refractivity (Wildman–Crippen MR) is 63.2 cm³/mol. The zero-order valence-electron chi connectivity index (χ0n) is 8.48. The van der Waals surface area contributed by atoms with Crippen molar-refractivity contribution in [2.75, 3.05) is 5.88 Å². The van der Waals surface area contributed by atoms with E-state index < -0.39 is 0 Å². The quantitative estimate of drug-likeness (QED) is 0.765. The van der Waals surface area contributed by atoms with Crippen molar-refractivity contribution in [2.24, 2.45) is 0 Å². The van der Waals surface area contributed by atoms with E-state index in [1.807, 2.05) is 11.3 Å². The van der Waals surface area contributed by atoms with E-state index in [-0.39, 0.29) is 5.54 Å². The number of thiophene rings is 1. The van der Waals surface area contributed by atoms with E-state index >= 15 is 0 Å². The molecule has 2 rings (SSSR count). The summed E-state index contributed by atoms with van der Waals surface area (Å²) < 4.78 is 0. The van der Waals surface area contributed by atoms with Gasteiger partial charge >= 0.3 is 0 Å². The monoisotopic (exact) mass is 229 g/mol. The topological polar surface area (TPSA) is 12.0 Å². The molecule has 0 amide bonds. The summed E-state index contributed by atoms with van der Waals surface area (Å²) in [6.07, 6.45) is 3.62. The van der Waals surface area contributed by atoms with E-state index in [2.05, 4.69) is 24.4 Å². The second-order valence-corrected chi connectivity index (χ2v) is 5.51. The van der Waals surface area contributed by atoms with Gasteiger partial charge in [-0.15, -0.1) is 22.9 Å². The van der Waals surface area contributed by atoms with Crippen molar-refractivity contribution in [3.8, 4) is 0 Å². The largest absolute Gasteiger partial charge is 0.305 e. The molecule has 0 aromatic carbocycles. The van der Waals surface area contributed by atoms with Crippen LogP contribution in [0.5, 0.6) is 0 Å². The van der Waals surface area contributed by atoms with Gasteiger partial charge in [-0.3, -0.25) is 0 Å². The molecule has 1 aliphatic carbocycles. The Labute approximate surface area is 94.5 Å². The van der Waals surface area contributed by atoms with Gasteiger partial charge < -0.3 is 5.32 Å². The molecule has 1 heterocycles. The Morgan fingerprint density at radius 3 is 2.64 bits per heavy atom. The third-order valence-electron chi connectivity index (χ3n) is 2.81. The zero-order chi connectivity index (χ0) is 10.0. The van der Waals surface area contributed by atoms with Crippen molar-refractivity contribution in [3.63, 3.8) is 0 Å². The lowest BCUT2D eigenvalue weighted by molar-refractivity contribution is 0.546. The molecule has 1 aliphatic rings. The van der Waals surface area contributed by atoms with Crippen molar-refractivity contribution in [1.29, 1.82) is 0 Å². The summed E-state index contributed by atoms with van der Waals surface area (Å²) in [7, 11) is 0. The average Bonchev–Trinajstić information content (AvgIpc) is 2.86. The summed E-state index contributed by atoms with van der Waals surface area (Å²) in [6, 6.07) is 4.45. The van der Waals surface area contributed by atoms with Crippen LogP contribution in [0.3, 0.4) is 0 Å². The molecule has 1 fully saturated rings. The molecule has 0 atom stereocenters. The molecular weight excluding hydrogens is 214 g/mol. The van der Waals surface area contributed by atoms with Crippen molar-refractivity contribution < 1.29 is 0 Å². The van der Waals surface area contributed by atoms with Crippen LogP contribution in [-0.4, -0.2) is 11.4 Å². The molecule has 0 bridgehead atoms. The van der Waals surface area contributed by atoms with Crippen LogP contribution in [0.2, 0.25) is 0 Å². The van der Waals surface area contributed by atoms with Crippen LogP contribution in [0.15, 0.2) is 12.1 Å². The maximum absolute atomic E-state index is 5.90. The van der Waals surface area contributed by atoms with Crippen LogP contribution in [0.1, 0.15) is 29.5 Å². The van der Waals surface area contributed by atoms with Gasteiger partial charge in [0.25, 0.3) is 0 Å². The Morgan fingerprint density at radius 1 is 1.43 bits per heavy atom. The van der Waals surface area contributed by atoms with E-state index in [0.29, 0.717) is 0 Å². The molecular formula is C11H16ClNS. The first-order chi connectivity index (χ1) is 6.78. The van der Waals surface area contributed by atoms with Crippen LogP contribution >= 0.6 is 22.9 Å². The third kappa shape index (κ3) is 2.30. The molecule has 3 heteroatoms. The fraction of sp³-hybridized carbons (Fsp3) is 0.636. The van der Waals surface area contributed by atoms with Gasteiger partial charge in [-0.25, -0.2) is 0 Å². The fourth-order valence-electron chi connectivity index (χ4n) is 1.49. The third-order valence-corrected chi connectivity index (χ3v) is 4.55. The molecule has 1 aromatic rings. The van der Waals surface area contributed by atoms with Gasteiger partial charge in [0.2, 0.25) is 0 Å². The normalized spacial score (nSPS) is 18.4. The second-order valence-electron chi connectivity index (χ2n) is 3.99. The molecule has 0 spiro atoms. The molecule has 0 unspecified atom stereocenters. The summed E-state index contributed by atoms with van der Waals surface area (Å²) >= 11 is 7.80. The summed E-state index contributed by atoms with van der Waals surface area (Å²) in [4.78, 5) is 2.90. The van der Waals surface area contributed by atoms with E-state index in [9.17, 15) is 0 Å². The number of hydrogen-bond acceptors (Lipinski definition) is 2. The molecule has 78 valence electrons. The first kappa shape index (κ1) is 10.5. The maximum Gasteiger partial charge on any atom is 0.0406 e.